The summed E-state index contributed by atoms with van der Waals surface area (Å²) >= 11 is 3.26. The third-order valence-corrected chi connectivity index (χ3v) is 3.90. The number of carbonyl (C=O) groups is 1. The zero-order valence-corrected chi connectivity index (χ0v) is 11.3. The fourth-order valence-electron chi connectivity index (χ4n) is 1.92. The van der Waals surface area contributed by atoms with Crippen molar-refractivity contribution in [2.24, 2.45) is 0 Å². The van der Waals surface area contributed by atoms with Crippen molar-refractivity contribution in [3.05, 3.63) is 28.5 Å². The van der Waals surface area contributed by atoms with E-state index in [9.17, 15) is 4.79 Å². The number of nitrogens with zero attached hydrogens (tertiary/aromatic N) is 1. The van der Waals surface area contributed by atoms with Gasteiger partial charge in [-0.05, 0) is 47.3 Å². The van der Waals surface area contributed by atoms with Gasteiger partial charge < -0.3 is 10.1 Å². The highest BCUT2D eigenvalue weighted by atomic mass is 79.9. The lowest BCUT2D eigenvalue weighted by molar-refractivity contribution is -0.0679. The lowest BCUT2D eigenvalue weighted by atomic mass is 9.80. The molecule has 0 saturated heterocycles. The average molecular weight is 299 g/mol. The zero-order valence-electron chi connectivity index (χ0n) is 9.70. The summed E-state index contributed by atoms with van der Waals surface area (Å²) < 4.78 is 6.02. The fourth-order valence-corrected chi connectivity index (χ4v) is 2.35. The van der Waals surface area contributed by atoms with Crippen molar-refractivity contribution in [1.82, 2.24) is 10.3 Å². The molecule has 0 unspecified atom stereocenters. The van der Waals surface area contributed by atoms with Crippen molar-refractivity contribution in [2.45, 2.75) is 24.9 Å². The number of rotatable bonds is 4. The van der Waals surface area contributed by atoms with Crippen LogP contribution < -0.4 is 5.32 Å². The topological polar surface area (TPSA) is 51.2 Å². The molecule has 0 atom stereocenters. The second-order valence-corrected chi connectivity index (χ2v) is 5.02. The minimum Gasteiger partial charge on any atom is -0.376 e. The van der Waals surface area contributed by atoms with Crippen LogP contribution in [-0.2, 0) is 4.74 Å². The van der Waals surface area contributed by atoms with Gasteiger partial charge in [-0.25, -0.2) is 4.98 Å². The van der Waals surface area contributed by atoms with Gasteiger partial charge in [0.1, 0.15) is 4.60 Å². The summed E-state index contributed by atoms with van der Waals surface area (Å²) in [6.07, 6.45) is 4.83. The largest absolute Gasteiger partial charge is 0.376 e. The van der Waals surface area contributed by atoms with Gasteiger partial charge in [-0.2, -0.15) is 0 Å². The smallest absolute Gasteiger partial charge is 0.254 e. The lowest BCUT2D eigenvalue weighted by Gasteiger charge is -2.40. The highest BCUT2D eigenvalue weighted by Gasteiger charge is 2.37. The molecule has 1 aliphatic carbocycles. The first-order chi connectivity index (χ1) is 8.17. The molecule has 17 heavy (non-hydrogen) atoms. The number of carbonyl (C=O) groups excluding carboxylic acids is 1. The highest BCUT2D eigenvalue weighted by Crippen LogP contribution is 2.34. The van der Waals surface area contributed by atoms with Gasteiger partial charge in [-0.3, -0.25) is 4.79 Å². The molecule has 0 bridgehead atoms. The first kappa shape index (κ1) is 12.5. The Labute approximate surface area is 109 Å². The van der Waals surface area contributed by atoms with Crippen molar-refractivity contribution >= 4 is 21.8 Å². The van der Waals surface area contributed by atoms with E-state index in [1.54, 1.807) is 25.4 Å². The molecule has 1 heterocycles. The van der Waals surface area contributed by atoms with Crippen LogP contribution in [0, 0.1) is 0 Å². The van der Waals surface area contributed by atoms with Crippen LogP contribution in [0.3, 0.4) is 0 Å². The van der Waals surface area contributed by atoms with Crippen LogP contribution in [0.1, 0.15) is 29.6 Å². The predicted molar refractivity (Wildman–Crippen MR) is 67.9 cm³/mol. The number of nitrogens with one attached hydrogen (secondary N) is 1. The quantitative estimate of drug-likeness (QED) is 0.867. The Hall–Kier alpha value is -0.940. The summed E-state index contributed by atoms with van der Waals surface area (Å²) in [5, 5.41) is 2.90. The monoisotopic (exact) mass is 298 g/mol. The number of methoxy groups -OCH3 is 1. The molecule has 1 aromatic rings. The van der Waals surface area contributed by atoms with E-state index in [4.69, 9.17) is 4.74 Å². The molecule has 1 aromatic heterocycles. The predicted octanol–water partition coefficient (Wildman–Crippen LogP) is 2.14. The fraction of sp³-hybridized carbons (Fsp3) is 0.500. The SMILES string of the molecule is COC1(CNC(=O)c2cccnc2Br)CCC1. The third-order valence-electron chi connectivity index (χ3n) is 3.27. The molecule has 1 amide bonds. The van der Waals surface area contributed by atoms with E-state index in [1.807, 2.05) is 0 Å². The summed E-state index contributed by atoms with van der Waals surface area (Å²) in [7, 11) is 1.70. The molecule has 0 radical (unpaired) electrons. The van der Waals surface area contributed by atoms with Gasteiger partial charge in [0.2, 0.25) is 0 Å². The Morgan fingerprint density at radius 1 is 1.65 bits per heavy atom. The number of hydrogen-bond acceptors (Lipinski definition) is 3. The first-order valence-electron chi connectivity index (χ1n) is 5.61. The van der Waals surface area contributed by atoms with E-state index in [-0.39, 0.29) is 11.5 Å². The Morgan fingerprint density at radius 2 is 2.41 bits per heavy atom. The van der Waals surface area contributed by atoms with Crippen molar-refractivity contribution in [1.29, 1.82) is 0 Å². The molecule has 92 valence electrons. The van der Waals surface area contributed by atoms with Gasteiger partial charge >= 0.3 is 0 Å². The molecule has 2 rings (SSSR count). The van der Waals surface area contributed by atoms with Crippen LogP contribution in [0.25, 0.3) is 0 Å². The summed E-state index contributed by atoms with van der Waals surface area (Å²) in [4.78, 5) is 16.0. The van der Waals surface area contributed by atoms with Gasteiger partial charge in [-0.15, -0.1) is 0 Å². The van der Waals surface area contributed by atoms with Crippen molar-refractivity contribution < 1.29 is 9.53 Å². The normalized spacial score (nSPS) is 17.3. The molecule has 5 heteroatoms. The average Bonchev–Trinajstić information content (AvgIpc) is 2.28. The van der Waals surface area contributed by atoms with E-state index in [0.29, 0.717) is 16.7 Å². The maximum Gasteiger partial charge on any atom is 0.254 e. The summed E-state index contributed by atoms with van der Waals surface area (Å²) in [5.41, 5.74) is 0.405. The highest BCUT2D eigenvalue weighted by molar-refractivity contribution is 9.10. The molecule has 0 aromatic carbocycles. The van der Waals surface area contributed by atoms with Crippen molar-refractivity contribution in [3.63, 3.8) is 0 Å². The van der Waals surface area contributed by atoms with Crippen LogP contribution >= 0.6 is 15.9 Å². The molecule has 0 aliphatic heterocycles. The van der Waals surface area contributed by atoms with Gasteiger partial charge in [0.15, 0.2) is 0 Å². The molecule has 1 N–H and O–H groups in total. The maximum atomic E-state index is 11.9. The summed E-state index contributed by atoms with van der Waals surface area (Å²) in [6, 6.07) is 3.49. The summed E-state index contributed by atoms with van der Waals surface area (Å²) in [6.45, 7) is 0.559. The number of halogens is 1. The Bertz CT molecular complexity index is 413. The van der Waals surface area contributed by atoms with Crippen LogP contribution in [0.15, 0.2) is 22.9 Å². The molecule has 1 fully saturated rings. The number of pyridine rings is 1. The summed E-state index contributed by atoms with van der Waals surface area (Å²) in [5.74, 6) is -0.117. The Kier molecular flexibility index (Phi) is 3.79. The molecular weight excluding hydrogens is 284 g/mol. The van der Waals surface area contributed by atoms with Gasteiger partial charge in [0, 0.05) is 19.9 Å². The van der Waals surface area contributed by atoms with Crippen LogP contribution in [0.2, 0.25) is 0 Å². The Morgan fingerprint density at radius 3 is 2.94 bits per heavy atom. The van der Waals surface area contributed by atoms with E-state index in [2.05, 4.69) is 26.2 Å². The molecule has 4 nitrogen and oxygen atoms in total. The first-order valence-corrected chi connectivity index (χ1v) is 6.40. The number of aromatic nitrogens is 1. The van der Waals surface area contributed by atoms with Gasteiger partial charge in [-0.1, -0.05) is 0 Å². The number of ether oxygens (including phenoxy) is 1. The van der Waals surface area contributed by atoms with Crippen LogP contribution in [0.4, 0.5) is 0 Å². The second kappa shape index (κ2) is 5.14. The van der Waals surface area contributed by atoms with E-state index >= 15 is 0 Å². The minimum atomic E-state index is -0.148. The number of hydrogen-bond donors (Lipinski definition) is 1. The van der Waals surface area contributed by atoms with Gasteiger partial charge in [0.25, 0.3) is 5.91 Å². The third kappa shape index (κ3) is 2.66. The standard InChI is InChI=1S/C12H15BrN2O2/c1-17-12(5-3-6-12)8-15-11(16)9-4-2-7-14-10(9)13/h2,4,7H,3,5-6,8H2,1H3,(H,15,16). The zero-order chi connectivity index (χ0) is 12.3. The lowest BCUT2D eigenvalue weighted by Crippen LogP contribution is -2.49. The van der Waals surface area contributed by atoms with E-state index in [1.165, 1.54) is 6.42 Å². The van der Waals surface area contributed by atoms with E-state index < -0.39 is 0 Å². The molecular formula is C12H15BrN2O2. The molecule has 0 spiro atoms. The second-order valence-electron chi connectivity index (χ2n) is 4.27. The van der Waals surface area contributed by atoms with E-state index in [0.717, 1.165) is 12.8 Å². The molecule has 1 aliphatic rings. The maximum absolute atomic E-state index is 11.9. The van der Waals surface area contributed by atoms with Crippen molar-refractivity contribution in [3.8, 4) is 0 Å². The minimum absolute atomic E-state index is 0.117. The van der Waals surface area contributed by atoms with Crippen molar-refractivity contribution in [2.75, 3.05) is 13.7 Å². The number of amides is 1. The van der Waals surface area contributed by atoms with Gasteiger partial charge in [0.05, 0.1) is 11.2 Å². The Balaban J connectivity index is 1.96. The van der Waals surface area contributed by atoms with Crippen LogP contribution in [0.5, 0.6) is 0 Å². The van der Waals surface area contributed by atoms with Crippen LogP contribution in [-0.4, -0.2) is 30.1 Å². The molecule has 1 saturated carbocycles.